The van der Waals surface area contributed by atoms with E-state index in [1.807, 2.05) is 11.8 Å². The fraction of sp³-hybridized carbons (Fsp3) is 0.217. The Kier molecular flexibility index (Phi) is 7.42. The summed E-state index contributed by atoms with van der Waals surface area (Å²) < 4.78 is 57.9. The van der Waals surface area contributed by atoms with Crippen molar-refractivity contribution < 1.29 is 22.4 Å². The molecule has 1 heterocycles. The SMILES string of the molecule is CCCN(CCN)c1ccncc1NC(=O)c1ccc(F)c(-c2c(F)cccc2F)c1F. The number of carbonyl (C=O) groups excluding carboxylic acids is 1. The van der Waals surface area contributed by atoms with Crippen LogP contribution in [0.4, 0.5) is 28.9 Å². The Balaban J connectivity index is 2.01. The molecule has 32 heavy (non-hydrogen) atoms. The van der Waals surface area contributed by atoms with Crippen molar-refractivity contribution in [1.82, 2.24) is 4.98 Å². The fourth-order valence-corrected chi connectivity index (χ4v) is 3.42. The number of nitrogens with two attached hydrogens (primary N) is 1. The molecule has 0 saturated heterocycles. The van der Waals surface area contributed by atoms with Gasteiger partial charge in [0.15, 0.2) is 0 Å². The van der Waals surface area contributed by atoms with E-state index < -0.39 is 45.9 Å². The van der Waals surface area contributed by atoms with Crippen molar-refractivity contribution in [3.05, 3.63) is 77.6 Å². The molecule has 0 bridgehead atoms. The smallest absolute Gasteiger partial charge is 0.258 e. The molecule has 1 amide bonds. The van der Waals surface area contributed by atoms with E-state index in [1.54, 1.807) is 12.3 Å². The summed E-state index contributed by atoms with van der Waals surface area (Å²) in [6.45, 7) is 3.54. The van der Waals surface area contributed by atoms with Crippen molar-refractivity contribution in [2.24, 2.45) is 5.73 Å². The molecule has 3 N–H and O–H groups in total. The number of halogens is 4. The van der Waals surface area contributed by atoms with Crippen LogP contribution in [0.5, 0.6) is 0 Å². The van der Waals surface area contributed by atoms with Crippen molar-refractivity contribution in [3.63, 3.8) is 0 Å². The van der Waals surface area contributed by atoms with Gasteiger partial charge in [0.05, 0.1) is 34.3 Å². The Labute approximate surface area is 182 Å². The first kappa shape index (κ1) is 23.2. The number of pyridine rings is 1. The van der Waals surface area contributed by atoms with Crippen LogP contribution in [0, 0.1) is 23.3 Å². The predicted molar refractivity (Wildman–Crippen MR) is 115 cm³/mol. The molecular formula is C23H22F4N4O. The summed E-state index contributed by atoms with van der Waals surface area (Å²) in [5, 5.41) is 2.56. The zero-order valence-corrected chi connectivity index (χ0v) is 17.3. The van der Waals surface area contributed by atoms with E-state index in [4.69, 9.17) is 5.73 Å². The van der Waals surface area contributed by atoms with Crippen molar-refractivity contribution in [2.45, 2.75) is 13.3 Å². The van der Waals surface area contributed by atoms with Gasteiger partial charge >= 0.3 is 0 Å². The van der Waals surface area contributed by atoms with Gasteiger partial charge in [-0.15, -0.1) is 0 Å². The molecule has 0 fully saturated rings. The number of hydrogen-bond acceptors (Lipinski definition) is 4. The molecule has 5 nitrogen and oxygen atoms in total. The number of amides is 1. The number of nitrogens with zero attached hydrogens (tertiary/aromatic N) is 2. The maximum atomic E-state index is 15.2. The maximum Gasteiger partial charge on any atom is 0.258 e. The first-order valence-corrected chi connectivity index (χ1v) is 10.0. The van der Waals surface area contributed by atoms with E-state index in [0.29, 0.717) is 31.0 Å². The normalized spacial score (nSPS) is 10.8. The Morgan fingerprint density at radius 1 is 1.00 bits per heavy atom. The lowest BCUT2D eigenvalue weighted by Gasteiger charge is -2.26. The molecule has 0 aliphatic rings. The lowest BCUT2D eigenvalue weighted by atomic mass is 9.99. The van der Waals surface area contributed by atoms with Crippen LogP contribution in [0.25, 0.3) is 11.1 Å². The molecule has 168 valence electrons. The van der Waals surface area contributed by atoms with Crippen LogP contribution in [0.3, 0.4) is 0 Å². The standard InChI is InChI=1S/C23H22F4N4O/c1-2-11-31(12-9-28)19-8-10-29-13-18(19)30-23(32)14-6-7-17(26)21(22(14)27)20-15(24)4-3-5-16(20)25/h3-8,10,13H,2,9,11-12,28H2,1H3,(H,30,32). The third-order valence-corrected chi connectivity index (χ3v) is 4.83. The van der Waals surface area contributed by atoms with Gasteiger partial charge in [-0.1, -0.05) is 13.0 Å². The Bertz CT molecular complexity index is 1100. The van der Waals surface area contributed by atoms with Gasteiger partial charge in [0.2, 0.25) is 0 Å². The topological polar surface area (TPSA) is 71.2 Å². The van der Waals surface area contributed by atoms with Crippen LogP contribution in [0.1, 0.15) is 23.7 Å². The summed E-state index contributed by atoms with van der Waals surface area (Å²) in [6, 6.07) is 6.23. The minimum atomic E-state index is -1.37. The van der Waals surface area contributed by atoms with Crippen molar-refractivity contribution in [1.29, 1.82) is 0 Å². The lowest BCUT2D eigenvalue weighted by Crippen LogP contribution is -2.31. The number of aromatic nitrogens is 1. The molecule has 0 atom stereocenters. The summed E-state index contributed by atoms with van der Waals surface area (Å²) in [5.41, 5.74) is 4.20. The largest absolute Gasteiger partial charge is 0.369 e. The van der Waals surface area contributed by atoms with Gasteiger partial charge in [0.25, 0.3) is 5.91 Å². The minimum absolute atomic E-state index is 0.293. The highest BCUT2D eigenvalue weighted by atomic mass is 19.1. The second kappa shape index (κ2) is 10.2. The van der Waals surface area contributed by atoms with Crippen molar-refractivity contribution >= 4 is 17.3 Å². The second-order valence-electron chi connectivity index (χ2n) is 7.00. The van der Waals surface area contributed by atoms with E-state index in [0.717, 1.165) is 36.8 Å². The molecule has 3 rings (SSSR count). The monoisotopic (exact) mass is 446 g/mol. The molecule has 0 aliphatic carbocycles. The minimum Gasteiger partial charge on any atom is -0.369 e. The Morgan fingerprint density at radius 3 is 2.34 bits per heavy atom. The van der Waals surface area contributed by atoms with E-state index >= 15 is 4.39 Å². The third kappa shape index (κ3) is 4.72. The highest BCUT2D eigenvalue weighted by Gasteiger charge is 2.25. The summed E-state index contributed by atoms with van der Waals surface area (Å²) >= 11 is 0. The summed E-state index contributed by atoms with van der Waals surface area (Å²) in [7, 11) is 0. The molecule has 0 saturated carbocycles. The number of benzene rings is 2. The predicted octanol–water partition coefficient (Wildman–Crippen LogP) is 4.73. The third-order valence-electron chi connectivity index (χ3n) is 4.83. The van der Waals surface area contributed by atoms with Crippen LogP contribution in [0.15, 0.2) is 48.8 Å². The molecule has 0 unspecified atom stereocenters. The summed E-state index contributed by atoms with van der Waals surface area (Å²) in [4.78, 5) is 18.8. The van der Waals surface area contributed by atoms with Gasteiger partial charge in [0.1, 0.15) is 23.3 Å². The maximum absolute atomic E-state index is 15.2. The van der Waals surface area contributed by atoms with Crippen molar-refractivity contribution in [3.8, 4) is 11.1 Å². The summed E-state index contributed by atoms with van der Waals surface area (Å²) in [5.74, 6) is -5.77. The van der Waals surface area contributed by atoms with Gasteiger partial charge in [-0.2, -0.15) is 0 Å². The molecular weight excluding hydrogens is 424 g/mol. The number of rotatable bonds is 8. The van der Waals surface area contributed by atoms with Gasteiger partial charge in [-0.05, 0) is 36.8 Å². The van der Waals surface area contributed by atoms with E-state index in [1.165, 1.54) is 6.20 Å². The molecule has 0 radical (unpaired) electrons. The molecule has 0 spiro atoms. The van der Waals surface area contributed by atoms with Crippen LogP contribution in [-0.2, 0) is 0 Å². The number of nitrogens with one attached hydrogen (secondary N) is 1. The lowest BCUT2D eigenvalue weighted by molar-refractivity contribution is 0.102. The van der Waals surface area contributed by atoms with E-state index in [9.17, 15) is 18.0 Å². The average molecular weight is 446 g/mol. The van der Waals surface area contributed by atoms with Crippen LogP contribution in [-0.4, -0.2) is 30.5 Å². The van der Waals surface area contributed by atoms with E-state index in [2.05, 4.69) is 10.3 Å². The molecule has 1 aromatic heterocycles. The first-order valence-electron chi connectivity index (χ1n) is 10.0. The highest BCUT2D eigenvalue weighted by Crippen LogP contribution is 2.33. The quantitative estimate of drug-likeness (QED) is 0.491. The second-order valence-corrected chi connectivity index (χ2v) is 7.00. The number of hydrogen-bond donors (Lipinski definition) is 2. The molecule has 3 aromatic rings. The zero-order valence-electron chi connectivity index (χ0n) is 17.3. The number of carbonyl (C=O) groups is 1. The van der Waals surface area contributed by atoms with Gasteiger partial charge in [0, 0.05) is 25.8 Å². The van der Waals surface area contributed by atoms with Crippen molar-refractivity contribution in [2.75, 3.05) is 29.9 Å². The van der Waals surface area contributed by atoms with Gasteiger partial charge in [-0.3, -0.25) is 9.78 Å². The van der Waals surface area contributed by atoms with E-state index in [-0.39, 0.29) is 0 Å². The fourth-order valence-electron chi connectivity index (χ4n) is 3.42. The first-order chi connectivity index (χ1) is 15.4. The highest BCUT2D eigenvalue weighted by molar-refractivity contribution is 6.06. The molecule has 2 aromatic carbocycles. The number of anilines is 2. The molecule has 0 aliphatic heterocycles. The Hall–Kier alpha value is -3.46. The summed E-state index contributed by atoms with van der Waals surface area (Å²) in [6.07, 6.45) is 3.76. The average Bonchev–Trinajstić information content (AvgIpc) is 2.76. The van der Waals surface area contributed by atoms with Crippen LogP contribution < -0.4 is 16.0 Å². The Morgan fingerprint density at radius 2 is 1.69 bits per heavy atom. The zero-order chi connectivity index (χ0) is 23.3. The van der Waals surface area contributed by atoms with Crippen LogP contribution in [0.2, 0.25) is 0 Å². The van der Waals surface area contributed by atoms with Gasteiger partial charge in [-0.25, -0.2) is 17.6 Å². The molecule has 9 heteroatoms. The van der Waals surface area contributed by atoms with Gasteiger partial charge < -0.3 is 16.0 Å². The van der Waals surface area contributed by atoms with Crippen LogP contribution >= 0.6 is 0 Å².